The van der Waals surface area contributed by atoms with Gasteiger partial charge >= 0.3 is 0 Å². The van der Waals surface area contributed by atoms with Crippen LogP contribution in [0, 0.1) is 0 Å². The molecular formula is C88H68N2. The summed E-state index contributed by atoms with van der Waals surface area (Å²) in [6.07, 6.45) is 12.6. The van der Waals surface area contributed by atoms with Crippen LogP contribution in [-0.2, 0) is 17.3 Å². The van der Waals surface area contributed by atoms with Gasteiger partial charge in [-0.05, 0) is 225 Å². The number of nitrogens with zero attached hydrogens (tertiary/aromatic N) is 2. The minimum atomic E-state index is -0.0758. The second-order valence-corrected chi connectivity index (χ2v) is 26.3. The van der Waals surface area contributed by atoms with Crippen molar-refractivity contribution in [3.63, 3.8) is 0 Å². The van der Waals surface area contributed by atoms with Crippen LogP contribution in [0.15, 0.2) is 297 Å². The van der Waals surface area contributed by atoms with Crippen LogP contribution in [0.3, 0.4) is 0 Å². The molecule has 4 aliphatic carbocycles. The summed E-state index contributed by atoms with van der Waals surface area (Å²) in [4.78, 5) is 4.93. The Kier molecular flexibility index (Phi) is 12.6. The Morgan fingerprint density at radius 2 is 0.889 bits per heavy atom. The first-order valence-electron chi connectivity index (χ1n) is 32.1. The number of anilines is 5. The van der Waals surface area contributed by atoms with Crippen molar-refractivity contribution < 1.29 is 0 Å². The van der Waals surface area contributed by atoms with Crippen molar-refractivity contribution in [2.24, 2.45) is 0 Å². The second kappa shape index (κ2) is 21.1. The van der Waals surface area contributed by atoms with Crippen LogP contribution in [0.5, 0.6) is 0 Å². The van der Waals surface area contributed by atoms with Crippen molar-refractivity contribution >= 4 is 72.4 Å². The Morgan fingerprint density at radius 3 is 1.59 bits per heavy atom. The molecule has 0 saturated carbocycles. The molecule has 4 aliphatic rings. The number of aryl methyl sites for hydroxylation is 1. The van der Waals surface area contributed by atoms with Crippen molar-refractivity contribution in [3.8, 4) is 44.5 Å². The highest BCUT2D eigenvalue weighted by Crippen LogP contribution is 2.53. The summed E-state index contributed by atoms with van der Waals surface area (Å²) in [5.41, 5.74) is 29.2. The van der Waals surface area contributed by atoms with Crippen LogP contribution in [-0.4, -0.2) is 0 Å². The molecule has 0 amide bonds. The summed E-state index contributed by atoms with van der Waals surface area (Å²) >= 11 is 0. The van der Waals surface area contributed by atoms with Gasteiger partial charge in [0.25, 0.3) is 0 Å². The Balaban J connectivity index is 0.830. The summed E-state index contributed by atoms with van der Waals surface area (Å²) in [6, 6.07) is 103. The number of allylic oxidation sites excluding steroid dienone is 4. The third-order valence-electron chi connectivity index (χ3n) is 20.5. The number of fused-ring (bicyclic) bond motifs is 10. The quantitative estimate of drug-likeness (QED) is 0.126. The molecule has 0 aliphatic heterocycles. The molecule has 2 heteroatoms. The molecule has 90 heavy (non-hydrogen) atoms. The van der Waals surface area contributed by atoms with E-state index >= 15 is 0 Å². The smallest absolute Gasteiger partial charge is 0.0468 e. The number of benzene rings is 13. The van der Waals surface area contributed by atoms with Crippen LogP contribution >= 0.6 is 0 Å². The van der Waals surface area contributed by atoms with E-state index in [9.17, 15) is 0 Å². The van der Waals surface area contributed by atoms with Crippen molar-refractivity contribution in [2.75, 3.05) is 9.80 Å². The molecule has 0 saturated heterocycles. The highest BCUT2D eigenvalue weighted by atomic mass is 15.1. The lowest BCUT2D eigenvalue weighted by molar-refractivity contribution is 0.658. The zero-order chi connectivity index (χ0) is 60.2. The maximum atomic E-state index is 2.51. The highest BCUT2D eigenvalue weighted by Gasteiger charge is 2.37. The first kappa shape index (κ1) is 53.7. The van der Waals surface area contributed by atoms with Gasteiger partial charge in [0.1, 0.15) is 0 Å². The topological polar surface area (TPSA) is 6.48 Å². The SMILES string of the molecule is CC1(C)c2ccccc2-c2ccc(-c3ccc(N(c4ccccc4)c4ccc5c(C6=Cc7ccccc7CC6)c6cc(N(C7=CCC(c8ccc9c(c8)C(C)(C)c8ccccc8-9)C=C7)c7ccccc7)ccc6c(-c6ccc7ccccc7c6)c5c4)cc3)cc21. The predicted molar refractivity (Wildman–Crippen MR) is 382 cm³/mol. The van der Waals surface area contributed by atoms with Gasteiger partial charge in [-0.2, -0.15) is 0 Å². The van der Waals surface area contributed by atoms with Crippen LogP contribution in [0.4, 0.5) is 28.4 Å². The first-order chi connectivity index (χ1) is 44.1. The van der Waals surface area contributed by atoms with E-state index in [1.807, 2.05) is 0 Å². The Labute approximate surface area is 528 Å². The van der Waals surface area contributed by atoms with E-state index in [1.165, 1.54) is 133 Å². The number of rotatable bonds is 10. The molecule has 17 rings (SSSR count). The average Bonchev–Trinajstić information content (AvgIpc) is 1.38. The van der Waals surface area contributed by atoms with Gasteiger partial charge < -0.3 is 9.80 Å². The van der Waals surface area contributed by atoms with Gasteiger partial charge in [0.05, 0.1) is 0 Å². The molecule has 1 atom stereocenters. The van der Waals surface area contributed by atoms with E-state index in [4.69, 9.17) is 0 Å². The molecule has 0 aromatic heterocycles. The number of hydrogen-bond acceptors (Lipinski definition) is 2. The summed E-state index contributed by atoms with van der Waals surface area (Å²) in [7, 11) is 0. The molecule has 1 unspecified atom stereocenters. The molecule has 0 bridgehead atoms. The minimum absolute atomic E-state index is 0.0499. The fraction of sp³-hybridized carbons (Fsp3) is 0.114. The number of para-hydroxylation sites is 2. The van der Waals surface area contributed by atoms with E-state index in [2.05, 4.69) is 335 Å². The van der Waals surface area contributed by atoms with Crippen LogP contribution in [0.1, 0.15) is 91.0 Å². The summed E-state index contributed by atoms with van der Waals surface area (Å²) in [5, 5.41) is 7.39. The van der Waals surface area contributed by atoms with Crippen LogP contribution in [0.2, 0.25) is 0 Å². The minimum Gasteiger partial charge on any atom is -0.311 e. The van der Waals surface area contributed by atoms with Gasteiger partial charge in [0.2, 0.25) is 0 Å². The first-order valence-corrected chi connectivity index (χ1v) is 32.1. The Morgan fingerprint density at radius 1 is 0.356 bits per heavy atom. The highest BCUT2D eigenvalue weighted by molar-refractivity contribution is 6.21. The van der Waals surface area contributed by atoms with Gasteiger partial charge in [0.15, 0.2) is 0 Å². The molecule has 0 radical (unpaired) electrons. The summed E-state index contributed by atoms with van der Waals surface area (Å²) in [5.74, 6) is 0.264. The monoisotopic (exact) mass is 1150 g/mol. The zero-order valence-electron chi connectivity index (χ0n) is 51.4. The lowest BCUT2D eigenvalue weighted by atomic mass is 9.80. The van der Waals surface area contributed by atoms with Gasteiger partial charge in [0, 0.05) is 50.9 Å². The van der Waals surface area contributed by atoms with Gasteiger partial charge in [-0.25, -0.2) is 0 Å². The van der Waals surface area contributed by atoms with Crippen molar-refractivity contribution in [1.29, 1.82) is 0 Å². The third-order valence-corrected chi connectivity index (χ3v) is 20.5. The van der Waals surface area contributed by atoms with Crippen LogP contribution < -0.4 is 9.80 Å². The lowest BCUT2D eigenvalue weighted by Gasteiger charge is -2.30. The lowest BCUT2D eigenvalue weighted by Crippen LogP contribution is -2.18. The van der Waals surface area contributed by atoms with Crippen molar-refractivity contribution in [3.05, 3.63) is 341 Å². The maximum Gasteiger partial charge on any atom is 0.0468 e. The van der Waals surface area contributed by atoms with Gasteiger partial charge in [-0.3, -0.25) is 0 Å². The molecule has 13 aromatic rings. The fourth-order valence-electron chi connectivity index (χ4n) is 15.8. The summed E-state index contributed by atoms with van der Waals surface area (Å²) in [6.45, 7) is 9.49. The average molecular weight is 1150 g/mol. The number of hydrogen-bond donors (Lipinski definition) is 0. The molecular weight excluding hydrogens is 1080 g/mol. The van der Waals surface area contributed by atoms with E-state index in [1.54, 1.807) is 0 Å². The van der Waals surface area contributed by atoms with Crippen LogP contribution in [0.25, 0.3) is 88.5 Å². The van der Waals surface area contributed by atoms with Gasteiger partial charge in [-0.15, -0.1) is 0 Å². The molecule has 0 N–H and O–H groups in total. The van der Waals surface area contributed by atoms with Gasteiger partial charge in [-0.1, -0.05) is 246 Å². The van der Waals surface area contributed by atoms with Crippen molar-refractivity contribution in [1.82, 2.24) is 0 Å². The van der Waals surface area contributed by atoms with E-state index in [0.29, 0.717) is 0 Å². The van der Waals surface area contributed by atoms with Crippen molar-refractivity contribution in [2.45, 2.75) is 63.7 Å². The van der Waals surface area contributed by atoms with E-state index in [0.717, 1.165) is 47.7 Å². The Hall–Kier alpha value is -10.5. The standard InChI is InChI=1S/C88H68N2/c1-87(2)81-29-17-15-27-73(81)75-47-39-63(53-83(75)87)59-35-41-69(42-36-59)89(67-23-7-5-8-24-67)71-45-49-77-79(55-71)85(65-33-31-57-19-11-13-21-61(57)51-65)78-50-46-72(56-80(78)86(77)66-34-32-58-20-12-14-22-62(58)52-66)90(68-25-9-6-10-26-68)70-43-37-60(38-44-70)64-40-48-76-74-28-16-18-30-82(74)88(3,4)84(76)54-64/h5-31,33,35-37,39-56,60H,32,34,38H2,1-4H3. The molecule has 2 nitrogen and oxygen atoms in total. The molecule has 0 heterocycles. The summed E-state index contributed by atoms with van der Waals surface area (Å²) < 4.78 is 0. The molecule has 0 spiro atoms. The van der Waals surface area contributed by atoms with E-state index < -0.39 is 0 Å². The zero-order valence-corrected chi connectivity index (χ0v) is 51.4. The fourth-order valence-corrected chi connectivity index (χ4v) is 15.8. The molecule has 0 fully saturated rings. The van der Waals surface area contributed by atoms with E-state index in [-0.39, 0.29) is 16.7 Å². The largest absolute Gasteiger partial charge is 0.311 e. The maximum absolute atomic E-state index is 2.51. The normalized spacial score (nSPS) is 15.6. The Bertz CT molecular complexity index is 5150. The molecule has 430 valence electrons. The third kappa shape index (κ3) is 8.75. The second-order valence-electron chi connectivity index (χ2n) is 26.3. The predicted octanol–water partition coefficient (Wildman–Crippen LogP) is 23.8. The molecule has 13 aromatic carbocycles.